The standard InChI is InChI=1S/C19H16FNO5/c1-11-18(26-14-6-3-12(4-7-14)19(24)25-2)15-9-13(20)5-8-16(15)21(11)10-17(22)23/h3-9H,10H2,1-2H3,(H,22,23). The van der Waals surface area contributed by atoms with Crippen molar-refractivity contribution >= 4 is 22.8 Å². The second kappa shape index (κ2) is 6.87. The molecule has 1 aromatic heterocycles. The molecule has 0 saturated carbocycles. The highest BCUT2D eigenvalue weighted by atomic mass is 19.1. The van der Waals surface area contributed by atoms with Crippen LogP contribution >= 0.6 is 0 Å². The highest BCUT2D eigenvalue weighted by Crippen LogP contribution is 2.36. The number of rotatable bonds is 5. The van der Waals surface area contributed by atoms with Gasteiger partial charge in [-0.3, -0.25) is 4.79 Å². The first kappa shape index (κ1) is 17.5. The number of carboxylic acid groups (broad SMARTS) is 1. The molecule has 0 aliphatic carbocycles. The molecule has 6 nitrogen and oxygen atoms in total. The van der Waals surface area contributed by atoms with Crippen LogP contribution in [0.1, 0.15) is 16.1 Å². The SMILES string of the molecule is COC(=O)c1ccc(Oc2c(C)n(CC(=O)O)c3ccc(F)cc23)cc1. The average Bonchev–Trinajstić information content (AvgIpc) is 2.86. The molecule has 2 aromatic carbocycles. The predicted octanol–water partition coefficient (Wildman–Crippen LogP) is 3.75. The monoisotopic (exact) mass is 357 g/mol. The van der Waals surface area contributed by atoms with Gasteiger partial charge in [-0.25, -0.2) is 9.18 Å². The van der Waals surface area contributed by atoms with Crippen molar-refractivity contribution in [1.82, 2.24) is 4.57 Å². The first-order valence-electron chi connectivity index (χ1n) is 7.77. The molecule has 3 aromatic rings. The molecule has 1 N–H and O–H groups in total. The lowest BCUT2D eigenvalue weighted by molar-refractivity contribution is -0.137. The van der Waals surface area contributed by atoms with Crippen molar-refractivity contribution in [3.63, 3.8) is 0 Å². The maximum absolute atomic E-state index is 13.7. The van der Waals surface area contributed by atoms with E-state index < -0.39 is 17.8 Å². The van der Waals surface area contributed by atoms with E-state index in [0.29, 0.717) is 33.7 Å². The van der Waals surface area contributed by atoms with E-state index >= 15 is 0 Å². The molecule has 0 spiro atoms. The zero-order valence-corrected chi connectivity index (χ0v) is 14.2. The summed E-state index contributed by atoms with van der Waals surface area (Å²) >= 11 is 0. The molecule has 0 bridgehead atoms. The van der Waals surface area contributed by atoms with Crippen molar-refractivity contribution in [2.45, 2.75) is 13.5 Å². The van der Waals surface area contributed by atoms with Crippen molar-refractivity contribution in [2.75, 3.05) is 7.11 Å². The number of methoxy groups -OCH3 is 1. The molecular formula is C19H16FNO5. The molecule has 0 saturated heterocycles. The number of carbonyl (C=O) groups excluding carboxylic acids is 1. The van der Waals surface area contributed by atoms with E-state index in [-0.39, 0.29) is 6.54 Å². The normalized spacial score (nSPS) is 10.7. The Morgan fingerprint density at radius 1 is 1.15 bits per heavy atom. The van der Waals surface area contributed by atoms with E-state index in [1.165, 1.54) is 25.3 Å². The van der Waals surface area contributed by atoms with Gasteiger partial charge in [-0.05, 0) is 49.4 Å². The number of fused-ring (bicyclic) bond motifs is 1. The highest BCUT2D eigenvalue weighted by Gasteiger charge is 2.18. The van der Waals surface area contributed by atoms with Crippen LogP contribution in [0.25, 0.3) is 10.9 Å². The fourth-order valence-corrected chi connectivity index (χ4v) is 2.79. The van der Waals surface area contributed by atoms with Crippen molar-refractivity contribution in [3.05, 3.63) is 59.5 Å². The number of esters is 1. The van der Waals surface area contributed by atoms with Gasteiger partial charge in [0.2, 0.25) is 0 Å². The maximum Gasteiger partial charge on any atom is 0.337 e. The summed E-state index contributed by atoms with van der Waals surface area (Å²) in [4.78, 5) is 22.6. The van der Waals surface area contributed by atoms with Crippen LogP contribution < -0.4 is 4.74 Å². The zero-order valence-electron chi connectivity index (χ0n) is 14.2. The van der Waals surface area contributed by atoms with Gasteiger partial charge in [0, 0.05) is 5.39 Å². The van der Waals surface area contributed by atoms with E-state index in [4.69, 9.17) is 9.84 Å². The van der Waals surface area contributed by atoms with Crippen LogP contribution in [0.15, 0.2) is 42.5 Å². The number of hydrogen-bond acceptors (Lipinski definition) is 4. The summed E-state index contributed by atoms with van der Waals surface area (Å²) in [5.74, 6) is -1.13. The van der Waals surface area contributed by atoms with Gasteiger partial charge in [0.15, 0.2) is 5.75 Å². The fraction of sp³-hybridized carbons (Fsp3) is 0.158. The van der Waals surface area contributed by atoms with Gasteiger partial charge in [0.05, 0.1) is 23.9 Å². The smallest absolute Gasteiger partial charge is 0.337 e. The van der Waals surface area contributed by atoms with Gasteiger partial charge in [0.25, 0.3) is 0 Å². The van der Waals surface area contributed by atoms with Crippen LogP contribution in [0.2, 0.25) is 0 Å². The van der Waals surface area contributed by atoms with Crippen LogP contribution in [0.5, 0.6) is 11.5 Å². The Morgan fingerprint density at radius 2 is 1.85 bits per heavy atom. The Labute approximate surface area is 148 Å². The van der Waals surface area contributed by atoms with Gasteiger partial charge < -0.3 is 19.1 Å². The molecule has 0 radical (unpaired) electrons. The summed E-state index contributed by atoms with van der Waals surface area (Å²) < 4.78 is 25.8. The molecule has 7 heteroatoms. The Hall–Kier alpha value is -3.35. The summed E-state index contributed by atoms with van der Waals surface area (Å²) in [6.45, 7) is 1.44. The van der Waals surface area contributed by atoms with E-state index in [0.717, 1.165) is 0 Å². The van der Waals surface area contributed by atoms with Crippen LogP contribution in [0.3, 0.4) is 0 Å². The number of hydrogen-bond donors (Lipinski definition) is 1. The summed E-state index contributed by atoms with van der Waals surface area (Å²) in [6, 6.07) is 10.4. The van der Waals surface area contributed by atoms with E-state index in [1.54, 1.807) is 35.8 Å². The molecule has 26 heavy (non-hydrogen) atoms. The lowest BCUT2D eigenvalue weighted by Gasteiger charge is -2.08. The lowest BCUT2D eigenvalue weighted by atomic mass is 10.2. The van der Waals surface area contributed by atoms with Crippen LogP contribution in [0, 0.1) is 12.7 Å². The molecule has 134 valence electrons. The van der Waals surface area contributed by atoms with E-state index in [2.05, 4.69) is 4.74 Å². The number of carbonyl (C=O) groups is 2. The minimum atomic E-state index is -1.01. The van der Waals surface area contributed by atoms with Crippen molar-refractivity contribution in [2.24, 2.45) is 0 Å². The first-order valence-corrected chi connectivity index (χ1v) is 7.77. The molecule has 0 atom stereocenters. The first-order chi connectivity index (χ1) is 12.4. The predicted molar refractivity (Wildman–Crippen MR) is 92.1 cm³/mol. The second-order valence-electron chi connectivity index (χ2n) is 5.67. The summed E-state index contributed by atoms with van der Waals surface area (Å²) in [6.07, 6.45) is 0. The van der Waals surface area contributed by atoms with Crippen LogP contribution in [-0.2, 0) is 16.1 Å². The molecule has 0 unspecified atom stereocenters. The van der Waals surface area contributed by atoms with Crippen molar-refractivity contribution < 1.29 is 28.6 Å². The maximum atomic E-state index is 13.7. The van der Waals surface area contributed by atoms with Crippen molar-refractivity contribution in [3.8, 4) is 11.5 Å². The fourth-order valence-electron chi connectivity index (χ4n) is 2.79. The quantitative estimate of drug-likeness (QED) is 0.704. The van der Waals surface area contributed by atoms with Gasteiger partial charge in [-0.2, -0.15) is 0 Å². The Balaban J connectivity index is 2.04. The third-order valence-electron chi connectivity index (χ3n) is 4.02. The van der Waals surface area contributed by atoms with Gasteiger partial charge in [-0.1, -0.05) is 0 Å². The molecule has 0 aliphatic rings. The number of aliphatic carboxylic acids is 1. The molecule has 1 heterocycles. The number of nitrogens with zero attached hydrogens (tertiary/aromatic N) is 1. The van der Waals surface area contributed by atoms with Gasteiger partial charge in [-0.15, -0.1) is 0 Å². The van der Waals surface area contributed by atoms with Gasteiger partial charge >= 0.3 is 11.9 Å². The number of benzene rings is 2. The Kier molecular flexibility index (Phi) is 4.62. The third kappa shape index (κ3) is 3.23. The molecular weight excluding hydrogens is 341 g/mol. The van der Waals surface area contributed by atoms with Crippen LogP contribution in [-0.4, -0.2) is 28.7 Å². The number of carboxylic acids is 1. The van der Waals surface area contributed by atoms with Crippen molar-refractivity contribution in [1.29, 1.82) is 0 Å². The minimum absolute atomic E-state index is 0.265. The van der Waals surface area contributed by atoms with E-state index in [1.807, 2.05) is 0 Å². The molecule has 3 rings (SSSR count). The summed E-state index contributed by atoms with van der Waals surface area (Å²) in [5.41, 5.74) is 1.49. The van der Waals surface area contributed by atoms with E-state index in [9.17, 15) is 14.0 Å². The number of aromatic nitrogens is 1. The Bertz CT molecular complexity index is 991. The van der Waals surface area contributed by atoms with Crippen LogP contribution in [0.4, 0.5) is 4.39 Å². The Morgan fingerprint density at radius 3 is 2.46 bits per heavy atom. The minimum Gasteiger partial charge on any atom is -0.480 e. The lowest BCUT2D eigenvalue weighted by Crippen LogP contribution is -2.09. The summed E-state index contributed by atoms with van der Waals surface area (Å²) in [7, 11) is 1.29. The van der Waals surface area contributed by atoms with Gasteiger partial charge in [0.1, 0.15) is 18.1 Å². The average molecular weight is 357 g/mol. The molecule has 0 aliphatic heterocycles. The number of ether oxygens (including phenoxy) is 2. The third-order valence-corrected chi connectivity index (χ3v) is 4.02. The second-order valence-corrected chi connectivity index (χ2v) is 5.67. The highest BCUT2D eigenvalue weighted by molar-refractivity contribution is 5.91. The topological polar surface area (TPSA) is 77.8 Å². The summed E-state index contributed by atoms with van der Waals surface area (Å²) in [5, 5.41) is 9.60. The largest absolute Gasteiger partial charge is 0.480 e. The molecule has 0 fully saturated rings. The zero-order chi connectivity index (χ0) is 18.8. The molecule has 0 amide bonds. The number of halogens is 1.